The van der Waals surface area contributed by atoms with Crippen molar-refractivity contribution >= 4 is 17.8 Å². The van der Waals surface area contributed by atoms with Crippen LogP contribution in [-0.4, -0.2) is 18.9 Å². The van der Waals surface area contributed by atoms with Gasteiger partial charge in [0.15, 0.2) is 5.78 Å². The minimum atomic E-state index is -0.483. The van der Waals surface area contributed by atoms with Crippen LogP contribution in [0.1, 0.15) is 22.3 Å². The van der Waals surface area contributed by atoms with E-state index >= 15 is 0 Å². The lowest BCUT2D eigenvalue weighted by Crippen LogP contribution is -2.10. The maximum Gasteiger partial charge on any atom is 0.334 e. The van der Waals surface area contributed by atoms with E-state index < -0.39 is 5.97 Å². The Hall–Kier alpha value is -2.68. The molecule has 0 radical (unpaired) electrons. The highest BCUT2D eigenvalue weighted by Gasteiger charge is 2.15. The van der Waals surface area contributed by atoms with Crippen molar-refractivity contribution in [2.24, 2.45) is 0 Å². The molecule has 0 N–H and O–H groups in total. The van der Waals surface area contributed by atoms with Gasteiger partial charge < -0.3 is 4.74 Å². The van der Waals surface area contributed by atoms with Crippen LogP contribution in [0.5, 0.6) is 0 Å². The number of carbonyl (C=O) groups is 2. The Bertz CT molecular complexity index is 643. The lowest BCUT2D eigenvalue weighted by Gasteiger charge is -2.05. The first-order chi connectivity index (χ1) is 10.2. The van der Waals surface area contributed by atoms with Gasteiger partial charge in [-0.1, -0.05) is 60.7 Å². The van der Waals surface area contributed by atoms with Gasteiger partial charge >= 0.3 is 5.97 Å². The van der Waals surface area contributed by atoms with E-state index in [1.165, 1.54) is 7.11 Å². The molecule has 2 aromatic rings. The molecule has 2 rings (SSSR count). The van der Waals surface area contributed by atoms with E-state index in [0.29, 0.717) is 11.1 Å². The molecule has 0 saturated heterocycles. The molecule has 0 heterocycles. The van der Waals surface area contributed by atoms with Crippen LogP contribution in [0.2, 0.25) is 0 Å². The largest absolute Gasteiger partial charge is 0.466 e. The number of ether oxygens (including phenoxy) is 1. The second kappa shape index (κ2) is 7.20. The van der Waals surface area contributed by atoms with Gasteiger partial charge in [0.2, 0.25) is 0 Å². The quantitative estimate of drug-likeness (QED) is 0.478. The highest BCUT2D eigenvalue weighted by molar-refractivity contribution is 6.05. The average Bonchev–Trinajstić information content (AvgIpc) is 2.55. The van der Waals surface area contributed by atoms with Crippen molar-refractivity contribution in [1.29, 1.82) is 0 Å². The SMILES string of the molecule is COC(=O)C(=Cc1ccccc1)CC(=O)c1ccccc1. The Balaban J connectivity index is 2.24. The number of methoxy groups -OCH3 is 1. The molecule has 106 valence electrons. The molecule has 0 atom stereocenters. The Morgan fingerprint density at radius 3 is 2.10 bits per heavy atom. The number of hydrogen-bond donors (Lipinski definition) is 0. The summed E-state index contributed by atoms with van der Waals surface area (Å²) in [6.07, 6.45) is 1.71. The summed E-state index contributed by atoms with van der Waals surface area (Å²) in [5.41, 5.74) is 1.79. The van der Waals surface area contributed by atoms with Gasteiger partial charge in [0.25, 0.3) is 0 Å². The summed E-state index contributed by atoms with van der Waals surface area (Å²) in [7, 11) is 1.31. The Morgan fingerprint density at radius 1 is 0.952 bits per heavy atom. The average molecular weight is 280 g/mol. The topological polar surface area (TPSA) is 43.4 Å². The summed E-state index contributed by atoms with van der Waals surface area (Å²) in [4.78, 5) is 24.1. The molecule has 0 spiro atoms. The lowest BCUT2D eigenvalue weighted by molar-refractivity contribution is -0.136. The van der Waals surface area contributed by atoms with Crippen molar-refractivity contribution in [2.75, 3.05) is 7.11 Å². The van der Waals surface area contributed by atoms with Crippen LogP contribution in [-0.2, 0) is 9.53 Å². The predicted octanol–water partition coefficient (Wildman–Crippen LogP) is 3.52. The van der Waals surface area contributed by atoms with Crippen molar-refractivity contribution < 1.29 is 14.3 Å². The van der Waals surface area contributed by atoms with Crippen LogP contribution in [0, 0.1) is 0 Å². The summed E-state index contributed by atoms with van der Waals surface area (Å²) in [6.45, 7) is 0. The summed E-state index contributed by atoms with van der Waals surface area (Å²) in [6, 6.07) is 18.3. The number of ketones is 1. The van der Waals surface area contributed by atoms with Crippen LogP contribution in [0.15, 0.2) is 66.2 Å². The molecule has 0 bridgehead atoms. The number of benzene rings is 2. The molecule has 3 heteroatoms. The monoisotopic (exact) mass is 280 g/mol. The van der Waals surface area contributed by atoms with Crippen molar-refractivity contribution in [2.45, 2.75) is 6.42 Å². The van der Waals surface area contributed by atoms with E-state index in [-0.39, 0.29) is 12.2 Å². The van der Waals surface area contributed by atoms with E-state index in [2.05, 4.69) is 0 Å². The fourth-order valence-corrected chi connectivity index (χ4v) is 1.96. The second-order valence-electron chi connectivity index (χ2n) is 4.54. The highest BCUT2D eigenvalue weighted by Crippen LogP contribution is 2.15. The molecule has 0 saturated carbocycles. The van der Waals surface area contributed by atoms with Gasteiger partial charge in [-0.2, -0.15) is 0 Å². The van der Waals surface area contributed by atoms with Crippen LogP contribution < -0.4 is 0 Å². The molecule has 0 aliphatic rings. The number of carbonyl (C=O) groups excluding carboxylic acids is 2. The van der Waals surface area contributed by atoms with Gasteiger partial charge in [-0.25, -0.2) is 4.79 Å². The number of hydrogen-bond acceptors (Lipinski definition) is 3. The van der Waals surface area contributed by atoms with Gasteiger partial charge in [-0.3, -0.25) is 4.79 Å². The van der Waals surface area contributed by atoms with E-state index in [0.717, 1.165) is 5.56 Å². The molecule has 0 amide bonds. The number of Topliss-reactive ketones (excluding diaryl/α,β-unsaturated/α-hetero) is 1. The molecule has 3 nitrogen and oxygen atoms in total. The maximum absolute atomic E-state index is 12.2. The molecule has 0 aliphatic carbocycles. The van der Waals surface area contributed by atoms with Crippen LogP contribution in [0.25, 0.3) is 6.08 Å². The Morgan fingerprint density at radius 2 is 1.52 bits per heavy atom. The van der Waals surface area contributed by atoms with Crippen LogP contribution in [0.4, 0.5) is 0 Å². The summed E-state index contributed by atoms with van der Waals surface area (Å²) in [5.74, 6) is -0.591. The zero-order chi connectivity index (χ0) is 15.1. The van der Waals surface area contributed by atoms with Gasteiger partial charge in [0.05, 0.1) is 7.11 Å². The van der Waals surface area contributed by atoms with Gasteiger partial charge in [-0.15, -0.1) is 0 Å². The fraction of sp³-hybridized carbons (Fsp3) is 0.111. The van der Waals surface area contributed by atoms with Crippen molar-refractivity contribution in [3.05, 3.63) is 77.4 Å². The molecule has 2 aromatic carbocycles. The van der Waals surface area contributed by atoms with Gasteiger partial charge in [0, 0.05) is 17.6 Å². The molecular weight excluding hydrogens is 264 g/mol. The summed E-state index contributed by atoms with van der Waals surface area (Å²) in [5, 5.41) is 0. The van der Waals surface area contributed by atoms with E-state index in [9.17, 15) is 9.59 Å². The Kier molecular flexibility index (Phi) is 5.04. The minimum absolute atomic E-state index is 0.0194. The van der Waals surface area contributed by atoms with Gasteiger partial charge in [-0.05, 0) is 11.6 Å². The lowest BCUT2D eigenvalue weighted by atomic mass is 10.0. The predicted molar refractivity (Wildman–Crippen MR) is 81.8 cm³/mol. The first-order valence-corrected chi connectivity index (χ1v) is 6.63. The third-order valence-electron chi connectivity index (χ3n) is 3.03. The van der Waals surface area contributed by atoms with Crippen LogP contribution in [0.3, 0.4) is 0 Å². The van der Waals surface area contributed by atoms with Crippen LogP contribution >= 0.6 is 0 Å². The third-order valence-corrected chi connectivity index (χ3v) is 3.03. The third kappa shape index (κ3) is 4.14. The Labute approximate surface area is 123 Å². The molecule has 0 fully saturated rings. The number of rotatable bonds is 5. The maximum atomic E-state index is 12.2. The summed E-state index contributed by atoms with van der Waals surface area (Å²) < 4.78 is 4.76. The second-order valence-corrected chi connectivity index (χ2v) is 4.54. The van der Waals surface area contributed by atoms with E-state index in [4.69, 9.17) is 4.74 Å². The fourth-order valence-electron chi connectivity index (χ4n) is 1.96. The molecule has 21 heavy (non-hydrogen) atoms. The zero-order valence-corrected chi connectivity index (χ0v) is 11.8. The van der Waals surface area contributed by atoms with E-state index in [1.807, 2.05) is 36.4 Å². The standard InChI is InChI=1S/C18H16O3/c1-21-18(20)16(12-14-8-4-2-5-9-14)13-17(19)15-10-6-3-7-11-15/h2-12H,13H2,1H3. The first-order valence-electron chi connectivity index (χ1n) is 6.63. The molecular formula is C18H16O3. The normalized spacial score (nSPS) is 11.0. The number of esters is 1. The molecule has 0 aromatic heterocycles. The van der Waals surface area contributed by atoms with E-state index in [1.54, 1.807) is 30.3 Å². The molecule has 0 aliphatic heterocycles. The minimum Gasteiger partial charge on any atom is -0.466 e. The van der Waals surface area contributed by atoms with Crippen molar-refractivity contribution in [3.63, 3.8) is 0 Å². The van der Waals surface area contributed by atoms with Crippen molar-refractivity contribution in [1.82, 2.24) is 0 Å². The summed E-state index contributed by atoms with van der Waals surface area (Å²) >= 11 is 0. The smallest absolute Gasteiger partial charge is 0.334 e. The first kappa shape index (κ1) is 14.7. The van der Waals surface area contributed by atoms with Crippen molar-refractivity contribution in [3.8, 4) is 0 Å². The highest BCUT2D eigenvalue weighted by atomic mass is 16.5. The van der Waals surface area contributed by atoms with Gasteiger partial charge in [0.1, 0.15) is 0 Å². The molecule has 0 unspecified atom stereocenters. The zero-order valence-electron chi connectivity index (χ0n) is 11.8.